The van der Waals surface area contributed by atoms with Gasteiger partial charge in [-0.05, 0) is 22.6 Å². The number of hydrogen-bond donors (Lipinski definition) is 2. The Labute approximate surface area is 109 Å². The molecule has 1 aromatic rings. The molecule has 0 saturated carbocycles. The standard InChI is InChI=1S/C9H10FIN2O4/c10-2-6-5(14)1-7(17-6)13-3-4(11)8(15)12-9(13)16/h3,5-7,14H,1-2H2,(H,12,15,16)/t5-,6+,7+/m0/s1. The van der Waals surface area contributed by atoms with E-state index in [1.807, 2.05) is 0 Å². The number of aliphatic hydroxyl groups excluding tert-OH is 1. The van der Waals surface area contributed by atoms with Crippen molar-refractivity contribution in [2.45, 2.75) is 24.9 Å². The van der Waals surface area contributed by atoms with Crippen molar-refractivity contribution in [3.8, 4) is 0 Å². The molecule has 8 heteroatoms. The number of hydrogen-bond acceptors (Lipinski definition) is 4. The van der Waals surface area contributed by atoms with E-state index >= 15 is 0 Å². The highest BCUT2D eigenvalue weighted by atomic mass is 127. The lowest BCUT2D eigenvalue weighted by molar-refractivity contribution is -0.0312. The summed E-state index contributed by atoms with van der Waals surface area (Å²) in [6.07, 6.45) is -1.15. The number of nitrogens with one attached hydrogen (secondary N) is 1. The van der Waals surface area contributed by atoms with Crippen LogP contribution in [0.15, 0.2) is 15.8 Å². The molecule has 0 aliphatic carbocycles. The summed E-state index contributed by atoms with van der Waals surface area (Å²) in [6.45, 7) is -0.813. The fourth-order valence-electron chi connectivity index (χ4n) is 1.70. The van der Waals surface area contributed by atoms with Crippen molar-refractivity contribution in [3.05, 3.63) is 30.6 Å². The summed E-state index contributed by atoms with van der Waals surface area (Å²) in [6, 6.07) is 0. The maximum Gasteiger partial charge on any atom is 0.330 e. The lowest BCUT2D eigenvalue weighted by atomic mass is 10.2. The molecule has 1 aliphatic rings. The van der Waals surface area contributed by atoms with Crippen LogP contribution < -0.4 is 11.2 Å². The molecule has 0 unspecified atom stereocenters. The van der Waals surface area contributed by atoms with Gasteiger partial charge in [-0.25, -0.2) is 9.18 Å². The number of halogens is 2. The SMILES string of the molecule is O=c1[nH]c(=O)n([C@H]2C[C@H](O)[C@@H](CF)O2)cc1I. The van der Waals surface area contributed by atoms with Crippen LogP contribution in [0.3, 0.4) is 0 Å². The van der Waals surface area contributed by atoms with Crippen LogP contribution in [0.25, 0.3) is 0 Å². The molecule has 2 heterocycles. The largest absolute Gasteiger partial charge is 0.390 e. The van der Waals surface area contributed by atoms with Crippen LogP contribution in [0.5, 0.6) is 0 Å². The fraction of sp³-hybridized carbons (Fsp3) is 0.556. The van der Waals surface area contributed by atoms with Crippen LogP contribution in [-0.4, -0.2) is 33.5 Å². The van der Waals surface area contributed by atoms with Gasteiger partial charge in [0.15, 0.2) is 0 Å². The molecule has 0 radical (unpaired) electrons. The van der Waals surface area contributed by atoms with Gasteiger partial charge < -0.3 is 9.84 Å². The Bertz CT molecular complexity index is 528. The third-order valence-corrected chi connectivity index (χ3v) is 3.36. The van der Waals surface area contributed by atoms with Gasteiger partial charge in [0.2, 0.25) is 0 Å². The highest BCUT2D eigenvalue weighted by Gasteiger charge is 2.35. The third-order valence-electron chi connectivity index (χ3n) is 2.59. The van der Waals surface area contributed by atoms with Gasteiger partial charge in [-0.1, -0.05) is 0 Å². The summed E-state index contributed by atoms with van der Waals surface area (Å²) in [4.78, 5) is 24.8. The summed E-state index contributed by atoms with van der Waals surface area (Å²) in [5.41, 5.74) is -1.11. The zero-order valence-corrected chi connectivity index (χ0v) is 10.8. The first-order valence-corrected chi connectivity index (χ1v) is 6.01. The van der Waals surface area contributed by atoms with Gasteiger partial charge in [-0.15, -0.1) is 0 Å². The summed E-state index contributed by atoms with van der Waals surface area (Å²) >= 11 is 1.78. The molecule has 1 aromatic heterocycles. The molecule has 0 bridgehead atoms. The topological polar surface area (TPSA) is 84.3 Å². The molecule has 3 atom stereocenters. The Balaban J connectivity index is 2.34. The van der Waals surface area contributed by atoms with E-state index in [-0.39, 0.29) is 6.42 Å². The quantitative estimate of drug-likeness (QED) is 0.717. The molecule has 17 heavy (non-hydrogen) atoms. The first-order chi connectivity index (χ1) is 8.02. The summed E-state index contributed by atoms with van der Waals surface area (Å²) in [5.74, 6) is 0. The number of rotatable bonds is 2. The van der Waals surface area contributed by atoms with Gasteiger partial charge in [0.05, 0.1) is 9.67 Å². The predicted octanol–water partition coefficient (Wildman–Crippen LogP) is -0.241. The first-order valence-electron chi connectivity index (χ1n) is 4.93. The molecule has 1 fully saturated rings. The maximum atomic E-state index is 12.4. The van der Waals surface area contributed by atoms with E-state index in [9.17, 15) is 19.1 Å². The van der Waals surface area contributed by atoms with Gasteiger partial charge in [-0.2, -0.15) is 0 Å². The molecule has 2 rings (SSSR count). The van der Waals surface area contributed by atoms with E-state index in [0.717, 1.165) is 4.57 Å². The summed E-state index contributed by atoms with van der Waals surface area (Å²) in [7, 11) is 0. The fourth-order valence-corrected chi connectivity index (χ4v) is 2.13. The minimum atomic E-state index is -0.943. The molecular weight excluding hydrogens is 346 g/mol. The Morgan fingerprint density at radius 3 is 2.94 bits per heavy atom. The van der Waals surface area contributed by atoms with Crippen molar-refractivity contribution in [3.63, 3.8) is 0 Å². The highest BCUT2D eigenvalue weighted by Crippen LogP contribution is 2.27. The van der Waals surface area contributed by atoms with Crippen molar-refractivity contribution >= 4 is 22.6 Å². The number of alkyl halides is 1. The van der Waals surface area contributed by atoms with E-state index < -0.39 is 36.4 Å². The van der Waals surface area contributed by atoms with Crippen molar-refractivity contribution in [1.82, 2.24) is 9.55 Å². The summed E-state index contributed by atoms with van der Waals surface area (Å²) < 4.78 is 19.1. The second kappa shape index (κ2) is 4.86. The number of aromatic amines is 1. The minimum Gasteiger partial charge on any atom is -0.390 e. The lowest BCUT2D eigenvalue weighted by Crippen LogP contribution is -2.33. The zero-order chi connectivity index (χ0) is 12.6. The lowest BCUT2D eigenvalue weighted by Gasteiger charge is -2.13. The monoisotopic (exact) mass is 356 g/mol. The van der Waals surface area contributed by atoms with E-state index in [2.05, 4.69) is 4.98 Å². The van der Waals surface area contributed by atoms with Crippen LogP contribution in [0.4, 0.5) is 4.39 Å². The van der Waals surface area contributed by atoms with Crippen molar-refractivity contribution in [2.24, 2.45) is 0 Å². The van der Waals surface area contributed by atoms with E-state index in [1.165, 1.54) is 6.20 Å². The van der Waals surface area contributed by atoms with E-state index in [1.54, 1.807) is 22.6 Å². The number of nitrogens with zero attached hydrogens (tertiary/aromatic N) is 1. The van der Waals surface area contributed by atoms with Gasteiger partial charge in [0.1, 0.15) is 19.0 Å². The van der Waals surface area contributed by atoms with Crippen molar-refractivity contribution in [1.29, 1.82) is 0 Å². The maximum absolute atomic E-state index is 12.4. The highest BCUT2D eigenvalue weighted by molar-refractivity contribution is 14.1. The normalized spacial score (nSPS) is 28.5. The summed E-state index contributed by atoms with van der Waals surface area (Å²) in [5, 5.41) is 9.48. The zero-order valence-electron chi connectivity index (χ0n) is 8.60. The third kappa shape index (κ3) is 2.43. The molecule has 0 amide bonds. The second-order valence-corrected chi connectivity index (χ2v) is 4.89. The number of aliphatic hydroxyl groups is 1. The van der Waals surface area contributed by atoms with Gasteiger partial charge in [0, 0.05) is 12.6 Å². The van der Waals surface area contributed by atoms with Gasteiger partial charge in [0.25, 0.3) is 5.56 Å². The van der Waals surface area contributed by atoms with Crippen LogP contribution in [-0.2, 0) is 4.74 Å². The predicted molar refractivity (Wildman–Crippen MR) is 64.5 cm³/mol. The van der Waals surface area contributed by atoms with Crippen LogP contribution in [0.1, 0.15) is 12.6 Å². The number of ether oxygens (including phenoxy) is 1. The molecule has 1 aliphatic heterocycles. The van der Waals surface area contributed by atoms with Crippen LogP contribution >= 0.6 is 22.6 Å². The molecule has 94 valence electrons. The Hall–Kier alpha value is -0.740. The molecular formula is C9H10FIN2O4. The number of aromatic nitrogens is 2. The van der Waals surface area contributed by atoms with Crippen LogP contribution in [0.2, 0.25) is 0 Å². The second-order valence-electron chi connectivity index (χ2n) is 3.73. The Kier molecular flexibility index (Phi) is 3.64. The average molecular weight is 356 g/mol. The van der Waals surface area contributed by atoms with Crippen molar-refractivity contribution in [2.75, 3.05) is 6.67 Å². The smallest absolute Gasteiger partial charge is 0.330 e. The molecule has 6 nitrogen and oxygen atoms in total. The molecule has 0 spiro atoms. The van der Waals surface area contributed by atoms with Gasteiger partial charge >= 0.3 is 5.69 Å². The first kappa shape index (κ1) is 12.7. The average Bonchev–Trinajstić information content (AvgIpc) is 2.65. The number of H-pyrrole nitrogens is 1. The van der Waals surface area contributed by atoms with Crippen LogP contribution in [0, 0.1) is 3.57 Å². The Morgan fingerprint density at radius 1 is 1.65 bits per heavy atom. The molecule has 0 aromatic carbocycles. The molecule has 1 saturated heterocycles. The van der Waals surface area contributed by atoms with Gasteiger partial charge in [-0.3, -0.25) is 14.3 Å². The van der Waals surface area contributed by atoms with Crippen molar-refractivity contribution < 1.29 is 14.2 Å². The van der Waals surface area contributed by atoms with E-state index in [0.29, 0.717) is 3.57 Å². The Morgan fingerprint density at radius 2 is 2.35 bits per heavy atom. The minimum absolute atomic E-state index is 0.122. The van der Waals surface area contributed by atoms with E-state index in [4.69, 9.17) is 4.74 Å². The molecule has 2 N–H and O–H groups in total.